The number of carbonyl (C=O) groups excluding carboxylic acids is 1. The first-order valence-electron chi connectivity index (χ1n) is 8.08. The van der Waals surface area contributed by atoms with Gasteiger partial charge in [0.05, 0.1) is 22.0 Å². The van der Waals surface area contributed by atoms with Crippen molar-refractivity contribution in [3.63, 3.8) is 0 Å². The first-order chi connectivity index (χ1) is 11.0. The molecule has 23 heavy (non-hydrogen) atoms. The second-order valence-electron chi connectivity index (χ2n) is 6.21. The van der Waals surface area contributed by atoms with Crippen molar-refractivity contribution in [1.82, 2.24) is 5.32 Å². The Morgan fingerprint density at radius 1 is 1.17 bits per heavy atom. The van der Waals surface area contributed by atoms with Crippen LogP contribution in [0.1, 0.15) is 48.9 Å². The summed E-state index contributed by atoms with van der Waals surface area (Å²) in [5, 5.41) is 3.29. The van der Waals surface area contributed by atoms with Crippen molar-refractivity contribution in [2.24, 2.45) is 0 Å². The normalized spacial score (nSPS) is 21.3. The second-order valence-corrected chi connectivity index (χ2v) is 8.63. The molecular weight excluding hydrogens is 336 g/mol. The molecule has 1 aromatic rings. The van der Waals surface area contributed by atoms with Gasteiger partial charge >= 0.3 is 0 Å². The molecule has 0 spiro atoms. The molecule has 2 fully saturated rings. The highest BCUT2D eigenvalue weighted by Gasteiger charge is 2.27. The van der Waals surface area contributed by atoms with Crippen LogP contribution in [0.25, 0.3) is 0 Å². The first kappa shape index (κ1) is 16.6. The molecule has 1 aliphatic heterocycles. The topological polar surface area (TPSA) is 66.5 Å². The average Bonchev–Trinajstić information content (AvgIpc) is 2.99. The number of amides is 1. The minimum Gasteiger partial charge on any atom is -0.349 e. The van der Waals surface area contributed by atoms with E-state index in [-0.39, 0.29) is 17.7 Å². The van der Waals surface area contributed by atoms with Crippen LogP contribution < -0.4 is 9.62 Å². The van der Waals surface area contributed by atoms with Crippen molar-refractivity contribution in [3.8, 4) is 0 Å². The molecule has 1 saturated carbocycles. The van der Waals surface area contributed by atoms with Crippen molar-refractivity contribution in [2.75, 3.05) is 16.6 Å². The molecule has 1 aromatic carbocycles. The van der Waals surface area contributed by atoms with Crippen molar-refractivity contribution in [2.45, 2.75) is 44.6 Å². The lowest BCUT2D eigenvalue weighted by atomic mass is 10.1. The molecule has 126 valence electrons. The van der Waals surface area contributed by atoms with Gasteiger partial charge in [-0.25, -0.2) is 8.42 Å². The number of hydrogen-bond donors (Lipinski definition) is 1. The number of benzene rings is 1. The van der Waals surface area contributed by atoms with Gasteiger partial charge in [0.25, 0.3) is 5.91 Å². The minimum atomic E-state index is -3.27. The molecule has 7 heteroatoms. The molecule has 1 amide bonds. The fraction of sp³-hybridized carbons (Fsp3) is 0.562. The van der Waals surface area contributed by atoms with Crippen LogP contribution in [0.15, 0.2) is 18.2 Å². The Balaban J connectivity index is 1.78. The summed E-state index contributed by atoms with van der Waals surface area (Å²) in [5.41, 5.74) is 0.934. The lowest BCUT2D eigenvalue weighted by Gasteiger charge is -2.28. The average molecular weight is 357 g/mol. The zero-order valence-electron chi connectivity index (χ0n) is 12.9. The summed E-state index contributed by atoms with van der Waals surface area (Å²) in [4.78, 5) is 12.3. The third-order valence-electron chi connectivity index (χ3n) is 4.52. The second kappa shape index (κ2) is 6.69. The van der Waals surface area contributed by atoms with Crippen LogP contribution in [-0.2, 0) is 10.0 Å². The smallest absolute Gasteiger partial charge is 0.253 e. The third kappa shape index (κ3) is 3.63. The van der Waals surface area contributed by atoms with E-state index < -0.39 is 10.0 Å². The predicted molar refractivity (Wildman–Crippen MR) is 91.5 cm³/mol. The van der Waals surface area contributed by atoms with Gasteiger partial charge in [0.2, 0.25) is 10.0 Å². The number of sulfonamides is 1. The van der Waals surface area contributed by atoms with Crippen LogP contribution in [0.3, 0.4) is 0 Å². The molecular formula is C16H21ClN2O3S. The minimum absolute atomic E-state index is 0.161. The number of rotatable bonds is 3. The summed E-state index contributed by atoms with van der Waals surface area (Å²) >= 11 is 6.24. The summed E-state index contributed by atoms with van der Waals surface area (Å²) in [5.74, 6) is -0.0240. The molecule has 1 saturated heterocycles. The lowest BCUT2D eigenvalue weighted by Crippen LogP contribution is -2.38. The van der Waals surface area contributed by atoms with Gasteiger partial charge in [-0.05, 0) is 43.9 Å². The Morgan fingerprint density at radius 2 is 1.91 bits per heavy atom. The fourth-order valence-electron chi connectivity index (χ4n) is 3.26. The van der Waals surface area contributed by atoms with Gasteiger partial charge in [-0.15, -0.1) is 0 Å². The van der Waals surface area contributed by atoms with E-state index in [1.54, 1.807) is 18.2 Å². The van der Waals surface area contributed by atoms with Gasteiger partial charge < -0.3 is 5.32 Å². The molecule has 5 nitrogen and oxygen atoms in total. The van der Waals surface area contributed by atoms with E-state index in [0.29, 0.717) is 29.2 Å². The van der Waals surface area contributed by atoms with Gasteiger partial charge in [-0.2, -0.15) is 0 Å². The van der Waals surface area contributed by atoms with Gasteiger partial charge in [0, 0.05) is 12.6 Å². The van der Waals surface area contributed by atoms with Gasteiger partial charge in [0.1, 0.15) is 0 Å². The molecule has 0 aromatic heterocycles. The summed E-state index contributed by atoms with van der Waals surface area (Å²) in [6, 6.07) is 5.08. The molecule has 0 bridgehead atoms. The van der Waals surface area contributed by atoms with E-state index in [1.807, 2.05) is 0 Å². The van der Waals surface area contributed by atoms with Crippen molar-refractivity contribution < 1.29 is 13.2 Å². The quantitative estimate of drug-likeness (QED) is 0.905. The van der Waals surface area contributed by atoms with Crippen LogP contribution in [0.2, 0.25) is 5.02 Å². The molecule has 0 radical (unpaired) electrons. The van der Waals surface area contributed by atoms with Crippen molar-refractivity contribution in [3.05, 3.63) is 28.8 Å². The van der Waals surface area contributed by atoms with E-state index in [0.717, 1.165) is 32.1 Å². The monoisotopic (exact) mass is 356 g/mol. The number of hydrogen-bond acceptors (Lipinski definition) is 3. The summed E-state index contributed by atoms with van der Waals surface area (Å²) in [7, 11) is -3.27. The Kier molecular flexibility index (Phi) is 4.82. The van der Waals surface area contributed by atoms with Crippen molar-refractivity contribution in [1.29, 1.82) is 0 Å². The Bertz CT molecular complexity index is 699. The number of halogens is 1. The first-order valence-corrected chi connectivity index (χ1v) is 10.1. The van der Waals surface area contributed by atoms with Crippen LogP contribution in [0.5, 0.6) is 0 Å². The highest BCUT2D eigenvalue weighted by atomic mass is 35.5. The number of anilines is 1. The maximum atomic E-state index is 12.3. The van der Waals surface area contributed by atoms with Gasteiger partial charge in [0.15, 0.2) is 0 Å². The van der Waals surface area contributed by atoms with Crippen LogP contribution >= 0.6 is 11.6 Å². The van der Waals surface area contributed by atoms with E-state index >= 15 is 0 Å². The van der Waals surface area contributed by atoms with Crippen LogP contribution in [0, 0.1) is 0 Å². The van der Waals surface area contributed by atoms with E-state index in [2.05, 4.69) is 5.32 Å². The Morgan fingerprint density at radius 3 is 2.57 bits per heavy atom. The molecule has 3 rings (SSSR count). The van der Waals surface area contributed by atoms with Crippen LogP contribution in [-0.4, -0.2) is 32.7 Å². The van der Waals surface area contributed by atoms with E-state index in [4.69, 9.17) is 11.6 Å². The number of nitrogens with zero attached hydrogens (tertiary/aromatic N) is 1. The largest absolute Gasteiger partial charge is 0.349 e. The number of carbonyl (C=O) groups is 1. The molecule has 1 aliphatic carbocycles. The predicted octanol–water partition coefficient (Wildman–Crippen LogP) is 2.94. The summed E-state index contributed by atoms with van der Waals surface area (Å²) in [6.45, 7) is 0.465. The highest BCUT2D eigenvalue weighted by Crippen LogP contribution is 2.28. The van der Waals surface area contributed by atoms with E-state index in [9.17, 15) is 13.2 Å². The fourth-order valence-corrected chi connectivity index (χ4v) is 5.15. The maximum absolute atomic E-state index is 12.3. The number of nitrogens with one attached hydrogen (secondary N) is 1. The van der Waals surface area contributed by atoms with E-state index in [1.165, 1.54) is 4.31 Å². The third-order valence-corrected chi connectivity index (χ3v) is 6.71. The van der Waals surface area contributed by atoms with Gasteiger partial charge in [-0.1, -0.05) is 24.4 Å². The lowest BCUT2D eigenvalue weighted by molar-refractivity contribution is 0.0938. The Hall–Kier alpha value is -1.27. The highest BCUT2D eigenvalue weighted by molar-refractivity contribution is 7.92. The molecule has 1 heterocycles. The molecule has 2 aliphatic rings. The maximum Gasteiger partial charge on any atom is 0.253 e. The zero-order valence-corrected chi connectivity index (χ0v) is 14.5. The molecule has 0 unspecified atom stereocenters. The summed E-state index contributed by atoms with van der Waals surface area (Å²) < 4.78 is 25.7. The van der Waals surface area contributed by atoms with Crippen LogP contribution in [0.4, 0.5) is 5.69 Å². The molecule has 0 atom stereocenters. The van der Waals surface area contributed by atoms with Crippen molar-refractivity contribution >= 4 is 33.2 Å². The standard InChI is InChI=1S/C16H21ClN2O3S/c17-15-11-13(19-9-3-4-10-23(19,21)22)7-8-14(15)16(20)18-12-5-1-2-6-12/h7-8,11-12H,1-6,9-10H2,(H,18,20). The SMILES string of the molecule is O=C(NC1CCCC1)c1ccc(N2CCCCS2(=O)=O)cc1Cl. The zero-order chi connectivity index (χ0) is 16.4. The van der Waals surface area contributed by atoms with Gasteiger partial charge in [-0.3, -0.25) is 9.10 Å². The Labute approximate surface area is 142 Å². The molecule has 1 N–H and O–H groups in total. The summed E-state index contributed by atoms with van der Waals surface area (Å²) in [6.07, 6.45) is 5.82.